The standard InChI is InChI=1S/C19H37N3O2.BF4/c1-15-11-7-4-5-9-13-18(22-19(20)21-15)14-10-6-8-12-16(2)24-17(3)23;2-1(3,4)5/h15-16,18H,4-14H2,1-3H3,(H3,20,21,22);/q;-1/p+1/t15-,16?,18-;/m1./s1. The Bertz CT molecular complexity index is 473. The highest BCUT2D eigenvalue weighted by Crippen LogP contribution is 2.13. The second kappa shape index (κ2) is 15.4. The molecule has 1 rings (SSSR count). The summed E-state index contributed by atoms with van der Waals surface area (Å²) < 4.78 is 44.2. The predicted octanol–water partition coefficient (Wildman–Crippen LogP) is 3.28. The van der Waals surface area contributed by atoms with E-state index in [1.807, 2.05) is 6.92 Å². The average Bonchev–Trinajstić information content (AvgIpc) is 2.57. The van der Waals surface area contributed by atoms with Crippen molar-refractivity contribution in [3.8, 4) is 0 Å². The summed E-state index contributed by atoms with van der Waals surface area (Å²) in [6.07, 6.45) is 13.2. The average molecular weight is 427 g/mol. The monoisotopic (exact) mass is 427 g/mol. The Morgan fingerprint density at radius 1 is 1.17 bits per heavy atom. The Morgan fingerprint density at radius 2 is 1.76 bits per heavy atom. The first-order chi connectivity index (χ1) is 13.5. The Morgan fingerprint density at radius 3 is 2.34 bits per heavy atom. The van der Waals surface area contributed by atoms with Crippen molar-refractivity contribution in [1.29, 1.82) is 0 Å². The lowest BCUT2D eigenvalue weighted by Crippen LogP contribution is -2.84. The van der Waals surface area contributed by atoms with E-state index in [-0.39, 0.29) is 12.1 Å². The van der Waals surface area contributed by atoms with Crippen molar-refractivity contribution < 1.29 is 31.8 Å². The van der Waals surface area contributed by atoms with Gasteiger partial charge in [0.05, 0.1) is 18.2 Å². The third-order valence-corrected chi connectivity index (χ3v) is 4.73. The number of rotatable bonds is 7. The van der Waals surface area contributed by atoms with Crippen LogP contribution in [-0.4, -0.2) is 37.4 Å². The van der Waals surface area contributed by atoms with E-state index in [1.54, 1.807) is 0 Å². The predicted molar refractivity (Wildman–Crippen MR) is 109 cm³/mol. The molecule has 1 unspecified atom stereocenters. The number of nitrogens with one attached hydrogen (secondary N) is 2. The zero-order valence-electron chi connectivity index (χ0n) is 18.0. The first-order valence-corrected chi connectivity index (χ1v) is 10.7. The van der Waals surface area contributed by atoms with Crippen LogP contribution >= 0.6 is 0 Å². The van der Waals surface area contributed by atoms with Crippen molar-refractivity contribution in [1.82, 2.24) is 5.32 Å². The van der Waals surface area contributed by atoms with Gasteiger partial charge in [0, 0.05) is 6.92 Å². The topological polar surface area (TPSA) is 78.3 Å². The highest BCUT2D eigenvalue weighted by Gasteiger charge is 2.20. The molecule has 0 radical (unpaired) electrons. The summed E-state index contributed by atoms with van der Waals surface area (Å²) in [7, 11) is -6.00. The number of hydrogen-bond donors (Lipinski definition) is 3. The van der Waals surface area contributed by atoms with Gasteiger partial charge < -0.3 is 22.0 Å². The molecule has 29 heavy (non-hydrogen) atoms. The van der Waals surface area contributed by atoms with Crippen molar-refractivity contribution in [2.45, 2.75) is 110 Å². The summed E-state index contributed by atoms with van der Waals surface area (Å²) in [6.45, 7) is 5.64. The molecule has 0 aliphatic carbocycles. The quantitative estimate of drug-likeness (QED) is 0.252. The molecule has 1 aliphatic heterocycles. The van der Waals surface area contributed by atoms with E-state index in [4.69, 9.17) is 10.5 Å². The highest BCUT2D eigenvalue weighted by molar-refractivity contribution is 6.50. The van der Waals surface area contributed by atoms with Crippen LogP contribution in [0, 0.1) is 0 Å². The Kier molecular flexibility index (Phi) is 14.6. The molecule has 0 aromatic carbocycles. The molecule has 0 spiro atoms. The number of ether oxygens (including phenoxy) is 1. The number of unbranched alkanes of at least 4 members (excludes halogenated alkanes) is 2. The van der Waals surface area contributed by atoms with Gasteiger partial charge in [-0.05, 0) is 46.0 Å². The second-order valence-electron chi connectivity index (χ2n) is 7.84. The molecule has 10 heteroatoms. The Hall–Kier alpha value is -1.48. The van der Waals surface area contributed by atoms with Gasteiger partial charge in [-0.15, -0.1) is 0 Å². The van der Waals surface area contributed by atoms with Gasteiger partial charge in [-0.2, -0.15) is 0 Å². The van der Waals surface area contributed by atoms with E-state index in [0.29, 0.717) is 12.1 Å². The van der Waals surface area contributed by atoms with Crippen molar-refractivity contribution in [2.75, 3.05) is 0 Å². The van der Waals surface area contributed by atoms with Gasteiger partial charge in [0.2, 0.25) is 0 Å². The lowest BCUT2D eigenvalue weighted by atomic mass is 10.0. The number of carbonyl (C=O) groups excluding carboxylic acids is 1. The summed E-state index contributed by atoms with van der Waals surface area (Å²) in [5, 5.41) is 3.38. The summed E-state index contributed by atoms with van der Waals surface area (Å²) >= 11 is 0. The third-order valence-electron chi connectivity index (χ3n) is 4.73. The third kappa shape index (κ3) is 21.1. The zero-order chi connectivity index (χ0) is 22.3. The van der Waals surface area contributed by atoms with E-state index in [1.165, 1.54) is 58.3 Å². The highest BCUT2D eigenvalue weighted by atomic mass is 19.5. The van der Waals surface area contributed by atoms with Crippen LogP contribution in [-0.2, 0) is 9.53 Å². The van der Waals surface area contributed by atoms with Crippen molar-refractivity contribution in [3.05, 3.63) is 0 Å². The normalized spacial score (nSPS) is 22.1. The van der Waals surface area contributed by atoms with Crippen LogP contribution in [0.15, 0.2) is 0 Å². The van der Waals surface area contributed by atoms with Gasteiger partial charge in [0.1, 0.15) is 0 Å². The van der Waals surface area contributed by atoms with Gasteiger partial charge >= 0.3 is 19.2 Å². The first-order valence-electron chi connectivity index (χ1n) is 10.7. The fourth-order valence-electron chi connectivity index (χ4n) is 3.42. The van der Waals surface area contributed by atoms with Gasteiger partial charge in [-0.25, -0.2) is 0 Å². The van der Waals surface area contributed by atoms with E-state index < -0.39 is 7.25 Å². The Balaban J connectivity index is 0.00000139. The molecule has 1 aliphatic rings. The van der Waals surface area contributed by atoms with Crippen LogP contribution in [0.5, 0.6) is 0 Å². The summed E-state index contributed by atoms with van der Waals surface area (Å²) in [5.41, 5.74) is 6.12. The zero-order valence-corrected chi connectivity index (χ0v) is 18.0. The summed E-state index contributed by atoms with van der Waals surface area (Å²) in [5.74, 6) is 0.551. The van der Waals surface area contributed by atoms with Crippen LogP contribution in [0.2, 0.25) is 0 Å². The minimum atomic E-state index is -6.00. The minimum Gasteiger partial charge on any atom is -0.463 e. The van der Waals surface area contributed by atoms with Gasteiger partial charge in [-0.3, -0.25) is 20.8 Å². The molecular formula is C19H38BF4N3O2. The van der Waals surface area contributed by atoms with E-state index >= 15 is 0 Å². The van der Waals surface area contributed by atoms with Crippen LogP contribution in [0.25, 0.3) is 0 Å². The van der Waals surface area contributed by atoms with Crippen molar-refractivity contribution in [2.24, 2.45) is 5.73 Å². The lowest BCUT2D eigenvalue weighted by molar-refractivity contribution is -0.508. The van der Waals surface area contributed by atoms with E-state index in [0.717, 1.165) is 25.2 Å². The fraction of sp³-hybridized carbons (Fsp3) is 0.895. The summed E-state index contributed by atoms with van der Waals surface area (Å²) in [4.78, 5) is 14.4. The molecule has 0 aromatic rings. The molecule has 0 bridgehead atoms. The van der Waals surface area contributed by atoms with Crippen LogP contribution in [0.1, 0.15) is 91.4 Å². The van der Waals surface area contributed by atoms with Crippen LogP contribution in [0.3, 0.4) is 0 Å². The van der Waals surface area contributed by atoms with Crippen molar-refractivity contribution >= 4 is 19.2 Å². The number of hydrogen-bond acceptors (Lipinski definition) is 4. The second-order valence-corrected chi connectivity index (χ2v) is 7.84. The van der Waals surface area contributed by atoms with Gasteiger partial charge in [0.15, 0.2) is 0 Å². The number of nitrogens with two attached hydrogens (primary N) is 1. The smallest absolute Gasteiger partial charge is 0.463 e. The molecule has 4 N–H and O–H groups in total. The molecular weight excluding hydrogens is 389 g/mol. The fourth-order valence-corrected chi connectivity index (χ4v) is 3.42. The SMILES string of the molecule is CC(=O)OC(C)CCCCC[C@H]1CCCCCC[C@@H](C)NC(N)=[NH+]1.F[B-](F)(F)F. The molecule has 5 nitrogen and oxygen atoms in total. The lowest BCUT2D eigenvalue weighted by Gasteiger charge is -2.14. The first kappa shape index (κ1) is 27.5. The molecule has 1 heterocycles. The van der Waals surface area contributed by atoms with Crippen LogP contribution < -0.4 is 16.0 Å². The number of carbonyl (C=O) groups is 1. The van der Waals surface area contributed by atoms with Crippen LogP contribution in [0.4, 0.5) is 17.3 Å². The maximum Gasteiger partial charge on any atom is 0.673 e. The maximum absolute atomic E-state index is 10.9. The molecule has 0 saturated carbocycles. The molecule has 0 fully saturated rings. The van der Waals surface area contributed by atoms with Crippen molar-refractivity contribution in [3.63, 3.8) is 0 Å². The number of halogens is 4. The molecule has 0 amide bonds. The molecule has 172 valence electrons. The number of esters is 1. The van der Waals surface area contributed by atoms with Gasteiger partial charge in [0.25, 0.3) is 0 Å². The van der Waals surface area contributed by atoms with E-state index in [2.05, 4.69) is 17.2 Å². The Labute approximate surface area is 172 Å². The minimum absolute atomic E-state index is 0.0349. The maximum atomic E-state index is 10.9. The number of guanidine groups is 1. The van der Waals surface area contributed by atoms with E-state index in [9.17, 15) is 22.1 Å². The molecule has 0 saturated heterocycles. The largest absolute Gasteiger partial charge is 0.673 e. The summed E-state index contributed by atoms with van der Waals surface area (Å²) in [6, 6.07) is 0.910. The van der Waals surface area contributed by atoms with Gasteiger partial charge in [-0.1, -0.05) is 38.5 Å². The molecule has 3 atom stereocenters. The molecule has 0 aromatic heterocycles.